The fourth-order valence-corrected chi connectivity index (χ4v) is 5.37. The van der Waals surface area contributed by atoms with Crippen LogP contribution in [0.25, 0.3) is 0 Å². The van der Waals surface area contributed by atoms with Crippen molar-refractivity contribution >= 4 is 39.8 Å². The van der Waals surface area contributed by atoms with Gasteiger partial charge in [-0.15, -0.1) is 11.3 Å². The first-order chi connectivity index (χ1) is 17.9. The molecule has 0 radical (unpaired) electrons. The zero-order valence-corrected chi connectivity index (χ0v) is 20.8. The minimum Gasteiger partial charge on any atom is -0.465 e. The smallest absolute Gasteiger partial charge is 0.409 e. The highest BCUT2D eigenvalue weighted by molar-refractivity contribution is 7.14. The number of nitrogens with one attached hydrogen (secondary N) is 2. The van der Waals surface area contributed by atoms with Crippen LogP contribution in [0.1, 0.15) is 46.2 Å². The summed E-state index contributed by atoms with van der Waals surface area (Å²) in [6.45, 7) is 3.11. The molecule has 0 aliphatic carbocycles. The number of rotatable bonds is 7. The SMILES string of the molecule is Cc1cc(C(=O)Nc2nc([C@H]3CCCN3c3ccc(NC(=O)O)cc3)cs2)n(Cc2ccnc(F)c2)c1. The van der Waals surface area contributed by atoms with Crippen LogP contribution in [-0.4, -0.2) is 38.2 Å². The molecular formula is C26H25FN6O3S. The molecule has 5 rings (SSSR count). The maximum absolute atomic E-state index is 13.5. The van der Waals surface area contributed by atoms with Crippen LogP contribution in [0.3, 0.4) is 0 Å². The number of carboxylic acid groups (broad SMARTS) is 1. The zero-order valence-electron chi connectivity index (χ0n) is 20.0. The molecule has 1 aromatic carbocycles. The molecule has 3 N–H and O–H groups in total. The topological polar surface area (TPSA) is 112 Å². The van der Waals surface area contributed by atoms with Gasteiger partial charge in [-0.25, -0.2) is 14.8 Å². The molecule has 37 heavy (non-hydrogen) atoms. The average molecular weight is 521 g/mol. The lowest BCUT2D eigenvalue weighted by atomic mass is 10.1. The number of thiazole rings is 1. The number of hydrogen-bond donors (Lipinski definition) is 3. The van der Waals surface area contributed by atoms with E-state index in [1.807, 2.05) is 30.6 Å². The van der Waals surface area contributed by atoms with E-state index in [4.69, 9.17) is 10.1 Å². The Balaban J connectivity index is 1.29. The van der Waals surface area contributed by atoms with E-state index in [9.17, 15) is 14.0 Å². The van der Waals surface area contributed by atoms with Gasteiger partial charge < -0.3 is 14.6 Å². The van der Waals surface area contributed by atoms with E-state index in [1.165, 1.54) is 23.6 Å². The fourth-order valence-electron chi connectivity index (χ4n) is 4.62. The Kier molecular flexibility index (Phi) is 6.87. The van der Waals surface area contributed by atoms with Gasteiger partial charge in [0.15, 0.2) is 5.13 Å². The Bertz CT molecular complexity index is 1430. The minimum atomic E-state index is -1.10. The molecule has 0 saturated carbocycles. The van der Waals surface area contributed by atoms with Gasteiger partial charge in [0, 0.05) is 42.2 Å². The number of pyridine rings is 1. The molecule has 190 valence electrons. The van der Waals surface area contributed by atoms with Crippen molar-refractivity contribution in [2.45, 2.75) is 32.4 Å². The molecule has 9 nitrogen and oxygen atoms in total. The van der Waals surface area contributed by atoms with Crippen molar-refractivity contribution in [1.82, 2.24) is 14.5 Å². The Morgan fingerprint density at radius 1 is 1.19 bits per heavy atom. The summed E-state index contributed by atoms with van der Waals surface area (Å²) in [5.74, 6) is -0.843. The van der Waals surface area contributed by atoms with Crippen molar-refractivity contribution in [3.8, 4) is 0 Å². The molecule has 1 aliphatic heterocycles. The fraction of sp³-hybridized carbons (Fsp3) is 0.231. The maximum atomic E-state index is 13.5. The monoisotopic (exact) mass is 520 g/mol. The molecule has 11 heteroatoms. The summed E-state index contributed by atoms with van der Waals surface area (Å²) in [4.78, 5) is 34.5. The lowest BCUT2D eigenvalue weighted by molar-refractivity contribution is 0.101. The van der Waals surface area contributed by atoms with Crippen molar-refractivity contribution in [3.05, 3.63) is 88.7 Å². The quantitative estimate of drug-likeness (QED) is 0.277. The normalized spacial score (nSPS) is 15.1. The molecular weight excluding hydrogens is 495 g/mol. The van der Waals surface area contributed by atoms with Crippen LogP contribution in [-0.2, 0) is 6.54 Å². The second-order valence-corrected chi connectivity index (χ2v) is 9.74. The number of aryl methyl sites for hydroxylation is 1. The van der Waals surface area contributed by atoms with E-state index in [2.05, 4.69) is 20.5 Å². The van der Waals surface area contributed by atoms with Gasteiger partial charge >= 0.3 is 6.09 Å². The van der Waals surface area contributed by atoms with Crippen molar-refractivity contribution in [2.24, 2.45) is 0 Å². The lowest BCUT2D eigenvalue weighted by Crippen LogP contribution is -2.23. The van der Waals surface area contributed by atoms with Gasteiger partial charge in [-0.1, -0.05) is 0 Å². The number of carbonyl (C=O) groups is 2. The number of hydrogen-bond acceptors (Lipinski definition) is 6. The molecule has 0 unspecified atom stereocenters. The van der Waals surface area contributed by atoms with Crippen LogP contribution < -0.4 is 15.5 Å². The molecule has 1 aliphatic rings. The number of amides is 2. The first-order valence-electron chi connectivity index (χ1n) is 11.8. The zero-order chi connectivity index (χ0) is 25.9. The summed E-state index contributed by atoms with van der Waals surface area (Å²) < 4.78 is 15.3. The molecule has 0 spiro atoms. The first-order valence-corrected chi connectivity index (χ1v) is 12.6. The largest absolute Gasteiger partial charge is 0.465 e. The summed E-state index contributed by atoms with van der Waals surface area (Å²) in [7, 11) is 0. The summed E-state index contributed by atoms with van der Waals surface area (Å²) in [5.41, 5.74) is 4.47. The van der Waals surface area contributed by atoms with Crippen LogP contribution >= 0.6 is 11.3 Å². The van der Waals surface area contributed by atoms with Gasteiger partial charge in [0.1, 0.15) is 5.69 Å². The summed E-state index contributed by atoms with van der Waals surface area (Å²) in [6, 6.07) is 12.2. The molecule has 2 amide bonds. The van der Waals surface area contributed by atoms with Crippen molar-refractivity contribution in [1.29, 1.82) is 0 Å². The Labute approximate surface area is 216 Å². The predicted molar refractivity (Wildman–Crippen MR) is 140 cm³/mol. The highest BCUT2D eigenvalue weighted by Crippen LogP contribution is 2.37. The molecule has 4 heterocycles. The highest BCUT2D eigenvalue weighted by Gasteiger charge is 2.28. The van der Waals surface area contributed by atoms with Crippen LogP contribution in [0.5, 0.6) is 0 Å². The van der Waals surface area contributed by atoms with Gasteiger partial charge in [0.25, 0.3) is 5.91 Å². The average Bonchev–Trinajstić information content (AvgIpc) is 3.59. The number of halogens is 1. The first kappa shape index (κ1) is 24.4. The second kappa shape index (κ2) is 10.4. The number of benzene rings is 1. The molecule has 1 saturated heterocycles. The van der Waals surface area contributed by atoms with Gasteiger partial charge in [0.2, 0.25) is 5.95 Å². The summed E-state index contributed by atoms with van der Waals surface area (Å²) in [5, 5.41) is 16.6. The molecule has 1 atom stereocenters. The molecule has 4 aromatic rings. The van der Waals surface area contributed by atoms with E-state index >= 15 is 0 Å². The Morgan fingerprint density at radius 2 is 2.00 bits per heavy atom. The summed E-state index contributed by atoms with van der Waals surface area (Å²) >= 11 is 1.37. The predicted octanol–water partition coefficient (Wildman–Crippen LogP) is 5.52. The second-order valence-electron chi connectivity index (χ2n) is 8.88. The van der Waals surface area contributed by atoms with Crippen LogP contribution in [0.4, 0.5) is 25.7 Å². The van der Waals surface area contributed by atoms with Crippen molar-refractivity contribution < 1.29 is 19.1 Å². The van der Waals surface area contributed by atoms with E-state index in [1.54, 1.807) is 28.8 Å². The summed E-state index contributed by atoms with van der Waals surface area (Å²) in [6.07, 6.45) is 4.09. The van der Waals surface area contributed by atoms with Gasteiger partial charge in [-0.2, -0.15) is 4.39 Å². The molecule has 1 fully saturated rings. The Hall–Kier alpha value is -4.25. The Morgan fingerprint density at radius 3 is 2.76 bits per heavy atom. The maximum Gasteiger partial charge on any atom is 0.409 e. The van der Waals surface area contributed by atoms with Gasteiger partial charge in [-0.05, 0) is 73.4 Å². The van der Waals surface area contributed by atoms with Gasteiger partial charge in [-0.3, -0.25) is 15.4 Å². The highest BCUT2D eigenvalue weighted by atomic mass is 32.1. The lowest BCUT2D eigenvalue weighted by Gasteiger charge is -2.25. The van der Waals surface area contributed by atoms with E-state index in [-0.39, 0.29) is 11.9 Å². The van der Waals surface area contributed by atoms with Crippen LogP contribution in [0.2, 0.25) is 0 Å². The van der Waals surface area contributed by atoms with Gasteiger partial charge in [0.05, 0.1) is 11.7 Å². The minimum absolute atomic E-state index is 0.0628. The standard InChI is InChI=1S/C26H25FN6O3S/c1-16-11-22(32(13-16)14-17-8-9-28-23(27)12-17)24(34)31-25-30-20(15-37-25)21-3-2-10-33(21)19-6-4-18(5-7-19)29-26(35)36/h4-9,11-13,15,21,29H,2-3,10,14H2,1H3,(H,35,36)(H,30,31,34)/t21-/m1/s1. The van der Waals surface area contributed by atoms with Crippen molar-refractivity contribution in [2.75, 3.05) is 22.1 Å². The van der Waals surface area contributed by atoms with Crippen LogP contribution in [0, 0.1) is 12.9 Å². The third kappa shape index (κ3) is 5.61. The number of nitrogens with zero attached hydrogens (tertiary/aromatic N) is 4. The van der Waals surface area contributed by atoms with E-state index in [0.29, 0.717) is 28.6 Å². The molecule has 0 bridgehead atoms. The van der Waals surface area contributed by atoms with E-state index < -0.39 is 12.0 Å². The number of aromatic nitrogens is 3. The number of anilines is 3. The molecule has 3 aromatic heterocycles. The van der Waals surface area contributed by atoms with E-state index in [0.717, 1.165) is 36.3 Å². The third-order valence-corrected chi connectivity index (χ3v) is 6.97. The number of carbonyl (C=O) groups excluding carboxylic acids is 1. The van der Waals surface area contributed by atoms with Crippen LogP contribution in [0.15, 0.2) is 60.2 Å². The van der Waals surface area contributed by atoms with Crippen molar-refractivity contribution in [3.63, 3.8) is 0 Å². The third-order valence-electron chi connectivity index (χ3n) is 6.20.